The van der Waals surface area contributed by atoms with E-state index in [1.54, 1.807) is 6.08 Å². The molecule has 0 spiro atoms. The third-order valence-electron chi connectivity index (χ3n) is 2.75. The molecule has 0 aliphatic rings. The normalized spacial score (nSPS) is 10.6. The van der Waals surface area contributed by atoms with E-state index in [1.807, 2.05) is 24.3 Å². The molecule has 0 saturated heterocycles. The molecule has 0 aliphatic carbocycles. The van der Waals surface area contributed by atoms with Crippen molar-refractivity contribution in [3.8, 4) is 0 Å². The molecule has 4 nitrogen and oxygen atoms in total. The topological polar surface area (TPSA) is 64.3 Å². The number of nitrogen functional groups attached to an aromatic ring is 1. The predicted octanol–water partition coefficient (Wildman–Crippen LogP) is 2.60. The van der Waals surface area contributed by atoms with Crippen LogP contribution in [0, 0.1) is 0 Å². The van der Waals surface area contributed by atoms with Crippen LogP contribution in [-0.2, 0) is 11.3 Å². The maximum Gasteiger partial charge on any atom is 0.275 e. The van der Waals surface area contributed by atoms with Gasteiger partial charge in [0.2, 0.25) is 0 Å². The Morgan fingerprint density at radius 2 is 2.26 bits per heavy atom. The molecule has 2 rings (SSSR count). The molecule has 1 amide bonds. The van der Waals surface area contributed by atoms with Crippen LogP contribution in [0.1, 0.15) is 21.7 Å². The molecule has 1 heterocycles. The minimum absolute atomic E-state index is 0.275. The van der Waals surface area contributed by atoms with Gasteiger partial charge in [-0.2, -0.15) is 0 Å². The average molecular weight is 276 g/mol. The van der Waals surface area contributed by atoms with Crippen molar-refractivity contribution in [1.29, 1.82) is 0 Å². The highest BCUT2D eigenvalue weighted by molar-refractivity contribution is 7.21. The summed E-state index contributed by atoms with van der Waals surface area (Å²) in [7, 11) is 0. The molecule has 0 unspecified atom stereocenters. The van der Waals surface area contributed by atoms with Crippen molar-refractivity contribution in [3.63, 3.8) is 0 Å². The van der Waals surface area contributed by atoms with Gasteiger partial charge in [-0.1, -0.05) is 24.3 Å². The first-order chi connectivity index (χ1) is 9.27. The number of benzene rings is 1. The van der Waals surface area contributed by atoms with E-state index in [4.69, 9.17) is 10.6 Å². The first kappa shape index (κ1) is 13.7. The van der Waals surface area contributed by atoms with E-state index >= 15 is 0 Å². The van der Waals surface area contributed by atoms with Crippen LogP contribution in [0.2, 0.25) is 0 Å². The molecule has 0 saturated carbocycles. The van der Waals surface area contributed by atoms with Crippen molar-refractivity contribution < 1.29 is 9.53 Å². The second-order valence-corrected chi connectivity index (χ2v) is 5.06. The number of carbonyl (C=O) groups is 1. The molecule has 19 heavy (non-hydrogen) atoms. The molecular weight excluding hydrogens is 260 g/mol. The van der Waals surface area contributed by atoms with Crippen molar-refractivity contribution in [2.45, 2.75) is 13.0 Å². The Balaban J connectivity index is 2.31. The number of nitrogens with one attached hydrogen (secondary N) is 1. The fourth-order valence-corrected chi connectivity index (χ4v) is 2.94. The molecule has 0 radical (unpaired) electrons. The minimum Gasteiger partial charge on any atom is -0.376 e. The van der Waals surface area contributed by atoms with Crippen LogP contribution >= 0.6 is 11.3 Å². The van der Waals surface area contributed by atoms with E-state index in [1.165, 1.54) is 11.3 Å². The molecule has 2 aromatic rings. The summed E-state index contributed by atoms with van der Waals surface area (Å²) in [5, 5.41) is 1.05. The van der Waals surface area contributed by atoms with Crippen molar-refractivity contribution in [2.24, 2.45) is 5.84 Å². The monoisotopic (exact) mass is 276 g/mol. The third-order valence-corrected chi connectivity index (χ3v) is 3.96. The van der Waals surface area contributed by atoms with Crippen molar-refractivity contribution in [3.05, 3.63) is 47.4 Å². The SMILES string of the molecule is C=CCCOCc1c(C(=O)NN)sc2ccccc12. The third kappa shape index (κ3) is 3.01. The average Bonchev–Trinajstić information content (AvgIpc) is 2.81. The number of fused-ring (bicyclic) bond motifs is 1. The van der Waals surface area contributed by atoms with E-state index in [2.05, 4.69) is 12.0 Å². The zero-order valence-electron chi connectivity index (χ0n) is 10.5. The first-order valence-electron chi connectivity index (χ1n) is 5.98. The second-order valence-electron chi connectivity index (χ2n) is 4.01. The van der Waals surface area contributed by atoms with Gasteiger partial charge in [0.15, 0.2) is 0 Å². The number of hydrogen-bond donors (Lipinski definition) is 2. The maximum atomic E-state index is 11.8. The number of hydrazine groups is 1. The van der Waals surface area contributed by atoms with Crippen LogP contribution in [0.4, 0.5) is 0 Å². The van der Waals surface area contributed by atoms with Gasteiger partial charge in [-0.3, -0.25) is 10.2 Å². The predicted molar refractivity (Wildman–Crippen MR) is 77.9 cm³/mol. The summed E-state index contributed by atoms with van der Waals surface area (Å²) >= 11 is 1.43. The molecule has 1 aromatic heterocycles. The Kier molecular flexibility index (Phi) is 4.68. The van der Waals surface area contributed by atoms with E-state index in [9.17, 15) is 4.79 Å². The van der Waals surface area contributed by atoms with Crippen LogP contribution in [0.3, 0.4) is 0 Å². The summed E-state index contributed by atoms with van der Waals surface area (Å²) in [5.41, 5.74) is 3.08. The lowest BCUT2D eigenvalue weighted by Crippen LogP contribution is -2.30. The summed E-state index contributed by atoms with van der Waals surface area (Å²) < 4.78 is 6.64. The van der Waals surface area contributed by atoms with Gasteiger partial charge >= 0.3 is 0 Å². The summed E-state index contributed by atoms with van der Waals surface area (Å²) in [4.78, 5) is 12.4. The maximum absolute atomic E-state index is 11.8. The highest BCUT2D eigenvalue weighted by Crippen LogP contribution is 2.31. The van der Waals surface area contributed by atoms with Gasteiger partial charge in [0.1, 0.15) is 0 Å². The second kappa shape index (κ2) is 6.47. The molecule has 1 aromatic carbocycles. The molecule has 0 fully saturated rings. The Labute approximate surface area is 115 Å². The molecular formula is C14H16N2O2S. The largest absolute Gasteiger partial charge is 0.376 e. The van der Waals surface area contributed by atoms with Gasteiger partial charge in [-0.15, -0.1) is 17.9 Å². The van der Waals surface area contributed by atoms with Crippen LogP contribution in [0.15, 0.2) is 36.9 Å². The van der Waals surface area contributed by atoms with Crippen molar-refractivity contribution in [2.75, 3.05) is 6.61 Å². The number of hydrogen-bond acceptors (Lipinski definition) is 4. The smallest absolute Gasteiger partial charge is 0.275 e. The summed E-state index contributed by atoms with van der Waals surface area (Å²) in [5.74, 6) is 4.95. The lowest BCUT2D eigenvalue weighted by Gasteiger charge is -2.04. The van der Waals surface area contributed by atoms with E-state index in [0.29, 0.717) is 18.1 Å². The van der Waals surface area contributed by atoms with Gasteiger partial charge in [0.25, 0.3) is 5.91 Å². The van der Waals surface area contributed by atoms with Gasteiger partial charge in [-0.05, 0) is 17.9 Å². The Morgan fingerprint density at radius 3 is 3.00 bits per heavy atom. The Morgan fingerprint density at radius 1 is 1.47 bits per heavy atom. The van der Waals surface area contributed by atoms with Crippen molar-refractivity contribution >= 4 is 27.3 Å². The quantitative estimate of drug-likeness (QED) is 0.280. The van der Waals surface area contributed by atoms with E-state index < -0.39 is 0 Å². The standard InChI is InChI=1S/C14H16N2O2S/c1-2-3-8-18-9-11-10-6-4-5-7-12(10)19-13(11)14(17)16-15/h2,4-7H,1,3,8-9,15H2,(H,16,17). The molecule has 3 N–H and O–H groups in total. The summed E-state index contributed by atoms with van der Waals surface area (Å²) in [6, 6.07) is 7.88. The fourth-order valence-electron chi connectivity index (χ4n) is 1.83. The van der Waals surface area contributed by atoms with Gasteiger partial charge in [-0.25, -0.2) is 5.84 Å². The lowest BCUT2D eigenvalue weighted by atomic mass is 10.1. The Hall–Kier alpha value is -1.69. The van der Waals surface area contributed by atoms with Gasteiger partial charge in [0, 0.05) is 10.3 Å². The van der Waals surface area contributed by atoms with E-state index in [-0.39, 0.29) is 5.91 Å². The zero-order chi connectivity index (χ0) is 13.7. The van der Waals surface area contributed by atoms with Crippen LogP contribution in [-0.4, -0.2) is 12.5 Å². The minimum atomic E-state index is -0.275. The molecule has 0 atom stereocenters. The number of amides is 1. The van der Waals surface area contributed by atoms with Crippen LogP contribution in [0.5, 0.6) is 0 Å². The summed E-state index contributed by atoms with van der Waals surface area (Å²) in [6.07, 6.45) is 2.60. The summed E-state index contributed by atoms with van der Waals surface area (Å²) in [6.45, 7) is 4.64. The highest BCUT2D eigenvalue weighted by Gasteiger charge is 2.17. The number of rotatable bonds is 6. The van der Waals surface area contributed by atoms with Crippen molar-refractivity contribution in [1.82, 2.24) is 5.43 Å². The lowest BCUT2D eigenvalue weighted by molar-refractivity contribution is 0.0947. The molecule has 100 valence electrons. The number of carbonyl (C=O) groups excluding carboxylic acids is 1. The number of ether oxygens (including phenoxy) is 1. The van der Waals surface area contributed by atoms with Gasteiger partial charge in [0.05, 0.1) is 18.1 Å². The Bertz CT molecular complexity index is 592. The van der Waals surface area contributed by atoms with Crippen LogP contribution in [0.25, 0.3) is 10.1 Å². The molecule has 0 aliphatic heterocycles. The fraction of sp³-hybridized carbons (Fsp3) is 0.214. The molecule has 5 heteroatoms. The van der Waals surface area contributed by atoms with Crippen LogP contribution < -0.4 is 11.3 Å². The highest BCUT2D eigenvalue weighted by atomic mass is 32.1. The zero-order valence-corrected chi connectivity index (χ0v) is 11.3. The first-order valence-corrected chi connectivity index (χ1v) is 6.79. The molecule has 0 bridgehead atoms. The van der Waals surface area contributed by atoms with Gasteiger partial charge < -0.3 is 4.74 Å². The number of thiophene rings is 1. The van der Waals surface area contributed by atoms with E-state index in [0.717, 1.165) is 22.1 Å². The number of nitrogens with two attached hydrogens (primary N) is 1.